The third kappa shape index (κ3) is 20.3. The number of benzene rings is 2. The molecular formula is C51H72N14O12S2. The lowest BCUT2D eigenvalue weighted by Crippen LogP contribution is -2.61. The number of carbonyl (C=O) groups is 11. The second-order valence-electron chi connectivity index (χ2n) is 19.8. The van der Waals surface area contributed by atoms with Gasteiger partial charge in [-0.3, -0.25) is 57.7 Å². The fourth-order valence-electron chi connectivity index (χ4n) is 9.46. The Kier molecular flexibility index (Phi) is 24.0. The standard InChI is InChI=1S/C51H72N14O12S2/c52-39(67)18-17-33-44(72)63-36(25-40(53)68)47(75)64-37(49(77)65-22-8-12-38(65)48(76)61-32(11-7-21-57-50(55)56)43(71)58-27-41(54)69)28-78-79-51(19-5-2-6-20-51)26-42(70)59-34(24-30-13-15-31(66)16-14-30)45(73)62-35(46(74)60-33)23-29-9-3-1-4-10-29/h1,3-4,9-10,13-16,32-38,66H,2,5-8,11-12,17-28H2,(H2,52,67)(H2,53,68)(H2,54,69)(H,58,71)(H,59,70)(H,60,74)(H,61,76)(H,62,73)(H,63,72)(H,64,75)(H4,55,56,57)/t32-,33?,34?,35-,36?,37-,38-/m0/s1. The Morgan fingerprint density at radius 2 is 1.33 bits per heavy atom. The number of aliphatic imine (C=N–C) groups is 1. The first kappa shape index (κ1) is 62.2. The van der Waals surface area contributed by atoms with E-state index in [1.165, 1.54) is 38.6 Å². The van der Waals surface area contributed by atoms with Gasteiger partial charge >= 0.3 is 0 Å². The van der Waals surface area contributed by atoms with Crippen molar-refractivity contribution in [1.29, 1.82) is 0 Å². The normalized spacial score (nSPS) is 22.8. The van der Waals surface area contributed by atoms with Crippen molar-refractivity contribution in [2.45, 2.75) is 143 Å². The van der Waals surface area contributed by atoms with Crippen LogP contribution in [0, 0.1) is 0 Å². The number of hydrogen-bond donors (Lipinski definition) is 13. The minimum Gasteiger partial charge on any atom is -0.508 e. The Bertz CT molecular complexity index is 2550. The van der Waals surface area contributed by atoms with Gasteiger partial charge in [-0.15, -0.1) is 0 Å². The molecule has 26 nitrogen and oxygen atoms in total. The second-order valence-corrected chi connectivity index (χ2v) is 22.6. The molecule has 1 aliphatic carbocycles. The molecule has 5 rings (SSSR count). The van der Waals surface area contributed by atoms with Crippen LogP contribution in [-0.2, 0) is 65.6 Å². The summed E-state index contributed by atoms with van der Waals surface area (Å²) < 4.78 is -0.759. The van der Waals surface area contributed by atoms with E-state index in [-0.39, 0.29) is 69.1 Å². The summed E-state index contributed by atoms with van der Waals surface area (Å²) >= 11 is 0. The number of aromatic hydroxyl groups is 1. The smallest absolute Gasteiger partial charge is 0.246 e. The van der Waals surface area contributed by atoms with E-state index >= 15 is 0 Å². The van der Waals surface area contributed by atoms with Gasteiger partial charge in [-0.25, -0.2) is 0 Å². The highest BCUT2D eigenvalue weighted by molar-refractivity contribution is 8.77. The van der Waals surface area contributed by atoms with Gasteiger partial charge in [-0.05, 0) is 68.2 Å². The van der Waals surface area contributed by atoms with E-state index in [9.17, 15) is 57.8 Å². The van der Waals surface area contributed by atoms with Gasteiger partial charge in [0.15, 0.2) is 5.96 Å². The number of likely N-dealkylation sites (tertiary alicyclic amines) is 1. The highest BCUT2D eigenvalue weighted by Crippen LogP contribution is 2.48. The Balaban J connectivity index is 1.53. The van der Waals surface area contributed by atoms with E-state index in [2.05, 4.69) is 42.2 Å². The van der Waals surface area contributed by atoms with Crippen LogP contribution in [0.5, 0.6) is 5.75 Å². The molecule has 430 valence electrons. The van der Waals surface area contributed by atoms with Crippen LogP contribution in [0.15, 0.2) is 59.6 Å². The van der Waals surface area contributed by atoms with Crippen molar-refractivity contribution in [2.24, 2.45) is 33.7 Å². The summed E-state index contributed by atoms with van der Waals surface area (Å²) in [5, 5.41) is 28.4. The van der Waals surface area contributed by atoms with Gasteiger partial charge in [0, 0.05) is 49.3 Å². The second kappa shape index (κ2) is 30.5. The summed E-state index contributed by atoms with van der Waals surface area (Å²) in [5.41, 5.74) is 28.4. The number of phenols is 1. The molecule has 1 saturated carbocycles. The van der Waals surface area contributed by atoms with Crippen LogP contribution in [0.3, 0.4) is 0 Å². The van der Waals surface area contributed by atoms with Gasteiger partial charge in [-0.1, -0.05) is 83.3 Å². The molecule has 3 fully saturated rings. The van der Waals surface area contributed by atoms with Gasteiger partial charge < -0.3 is 75.9 Å². The van der Waals surface area contributed by atoms with E-state index < -0.39 is 138 Å². The number of nitrogens with two attached hydrogens (primary N) is 5. The summed E-state index contributed by atoms with van der Waals surface area (Å²) in [7, 11) is 2.48. The summed E-state index contributed by atoms with van der Waals surface area (Å²) in [6.07, 6.45) is 2.21. The molecule has 2 aromatic rings. The molecule has 0 radical (unpaired) electrons. The minimum atomic E-state index is -1.78. The van der Waals surface area contributed by atoms with Gasteiger partial charge in [0.2, 0.25) is 65.0 Å². The lowest BCUT2D eigenvalue weighted by molar-refractivity contribution is -0.142. The molecule has 28 heteroatoms. The predicted molar refractivity (Wildman–Crippen MR) is 293 cm³/mol. The van der Waals surface area contributed by atoms with Crippen molar-refractivity contribution in [3.8, 4) is 5.75 Å². The summed E-state index contributed by atoms with van der Waals surface area (Å²) in [5.74, 6) is -9.66. The van der Waals surface area contributed by atoms with E-state index in [4.69, 9.17) is 28.7 Å². The number of hydrogen-bond acceptors (Lipinski definition) is 15. The first-order valence-corrected chi connectivity index (χ1v) is 28.4. The summed E-state index contributed by atoms with van der Waals surface area (Å²) in [6.45, 7) is -0.395. The monoisotopic (exact) mass is 1140 g/mol. The average Bonchev–Trinajstić information content (AvgIpc) is 3.98. The molecular weight excluding hydrogens is 1060 g/mol. The van der Waals surface area contributed by atoms with Gasteiger partial charge in [0.1, 0.15) is 48.0 Å². The molecule has 7 atom stereocenters. The van der Waals surface area contributed by atoms with E-state index in [1.807, 2.05) is 0 Å². The number of phenolic OH excluding ortho intramolecular Hbond substituents is 1. The first-order valence-electron chi connectivity index (χ1n) is 26.0. The van der Waals surface area contributed by atoms with Crippen LogP contribution in [0.1, 0.15) is 94.6 Å². The van der Waals surface area contributed by atoms with Crippen molar-refractivity contribution < 1.29 is 57.8 Å². The van der Waals surface area contributed by atoms with Crippen molar-refractivity contribution in [2.75, 3.05) is 25.4 Å². The number of rotatable bonds is 19. The maximum Gasteiger partial charge on any atom is 0.246 e. The molecule has 2 heterocycles. The van der Waals surface area contributed by atoms with E-state index in [0.29, 0.717) is 30.4 Å². The molecule has 11 amide bonds. The van der Waals surface area contributed by atoms with E-state index in [1.54, 1.807) is 42.5 Å². The maximum atomic E-state index is 14.9. The van der Waals surface area contributed by atoms with Gasteiger partial charge in [-0.2, -0.15) is 0 Å². The Labute approximate surface area is 464 Å². The fourth-order valence-corrected chi connectivity index (χ4v) is 12.8. The highest BCUT2D eigenvalue weighted by Gasteiger charge is 2.42. The summed E-state index contributed by atoms with van der Waals surface area (Å²) in [4.78, 5) is 156. The van der Waals surface area contributed by atoms with Crippen molar-refractivity contribution in [3.05, 3.63) is 65.7 Å². The molecule has 3 aliphatic rings. The van der Waals surface area contributed by atoms with Crippen molar-refractivity contribution in [3.63, 3.8) is 0 Å². The third-order valence-corrected chi connectivity index (χ3v) is 16.8. The number of carbonyl (C=O) groups excluding carboxylic acids is 11. The number of guanidine groups is 1. The molecule has 0 aromatic heterocycles. The van der Waals surface area contributed by atoms with E-state index in [0.717, 1.165) is 19.3 Å². The fraction of sp³-hybridized carbons (Fsp3) is 0.529. The third-order valence-electron chi connectivity index (χ3n) is 13.5. The van der Waals surface area contributed by atoms with Crippen molar-refractivity contribution >= 4 is 92.5 Å². The highest BCUT2D eigenvalue weighted by atomic mass is 33.1. The Hall–Kier alpha value is -7.62. The quantitative estimate of drug-likeness (QED) is 0.0296. The molecule has 18 N–H and O–H groups in total. The average molecular weight is 1140 g/mol. The molecule has 1 spiro atoms. The topological polar surface area (TPSA) is 438 Å². The maximum absolute atomic E-state index is 14.9. The van der Waals surface area contributed by atoms with Crippen LogP contribution in [0.4, 0.5) is 0 Å². The van der Waals surface area contributed by atoms with Crippen LogP contribution >= 0.6 is 21.6 Å². The SMILES string of the molecule is NC(=O)CCC1NC(=O)[C@H](Cc2ccccc2)NC(=O)C(Cc2ccc(O)cc2)NC(=O)CC2(CCCCC2)SSC[C@@H](C(=O)N2CCC[C@H]2C(=O)N[C@@H](CCCN=C(N)N)C(=O)NCC(N)=O)NC(=O)C(CC(N)=O)NC1=O. The molecule has 2 aliphatic heterocycles. The zero-order valence-corrected chi connectivity index (χ0v) is 45.3. The van der Waals surface area contributed by atoms with Crippen molar-refractivity contribution in [1.82, 2.24) is 42.1 Å². The molecule has 79 heavy (non-hydrogen) atoms. The Morgan fingerprint density at radius 3 is 1.96 bits per heavy atom. The van der Waals surface area contributed by atoms with Crippen LogP contribution in [0.2, 0.25) is 0 Å². The number of nitrogens with zero attached hydrogens (tertiary/aromatic N) is 2. The first-order chi connectivity index (χ1) is 37.6. The number of primary amides is 3. The minimum absolute atomic E-state index is 0.0146. The van der Waals surface area contributed by atoms with Gasteiger partial charge in [0.05, 0.1) is 13.0 Å². The zero-order valence-electron chi connectivity index (χ0n) is 43.7. The van der Waals surface area contributed by atoms with Gasteiger partial charge in [0.25, 0.3) is 0 Å². The zero-order chi connectivity index (χ0) is 57.6. The molecule has 3 unspecified atom stereocenters. The molecule has 0 bridgehead atoms. The molecule has 2 aromatic carbocycles. The molecule has 2 saturated heterocycles. The number of nitrogens with one attached hydrogen (secondary N) is 7. The van der Waals surface area contributed by atoms with Crippen LogP contribution in [0.25, 0.3) is 0 Å². The predicted octanol–water partition coefficient (Wildman–Crippen LogP) is -2.64. The lowest BCUT2D eigenvalue weighted by Gasteiger charge is -2.37. The number of amides is 11. The van der Waals surface area contributed by atoms with Crippen LogP contribution in [-0.4, -0.2) is 153 Å². The largest absolute Gasteiger partial charge is 0.508 e. The Morgan fingerprint density at radius 1 is 0.722 bits per heavy atom. The lowest BCUT2D eigenvalue weighted by atomic mass is 9.85. The van der Waals surface area contributed by atoms with Crippen LogP contribution < -0.4 is 65.9 Å². The summed E-state index contributed by atoms with van der Waals surface area (Å²) in [6, 6.07) is 4.67.